The molecule has 7 rings (SSSR count). The molecule has 0 bridgehead atoms. The van der Waals surface area contributed by atoms with Crippen LogP contribution in [0.4, 0.5) is 11.4 Å². The summed E-state index contributed by atoms with van der Waals surface area (Å²) in [6.07, 6.45) is 18.7. The van der Waals surface area contributed by atoms with E-state index in [1.54, 1.807) is 0 Å². The number of hydrogen-bond acceptors (Lipinski definition) is 3. The molecule has 0 unspecified atom stereocenters. The van der Waals surface area contributed by atoms with Crippen LogP contribution in [0, 0.1) is 5.92 Å². The monoisotopic (exact) mass is 469 g/mol. The molecular weight excluding hydrogens is 442 g/mol. The zero-order valence-electron chi connectivity index (χ0n) is 20.3. The fraction of sp³-hybridized carbons (Fsp3) is 0.152. The van der Waals surface area contributed by atoms with Crippen LogP contribution in [-0.2, 0) is 0 Å². The van der Waals surface area contributed by atoms with Crippen molar-refractivity contribution in [2.75, 3.05) is 4.90 Å². The Morgan fingerprint density at radius 2 is 1.53 bits per heavy atom. The largest absolute Gasteiger partial charge is 0.454 e. The first-order chi connectivity index (χ1) is 17.8. The number of fused-ring (bicyclic) bond motifs is 6. The highest BCUT2D eigenvalue weighted by atomic mass is 16.3. The van der Waals surface area contributed by atoms with Gasteiger partial charge in [-0.2, -0.15) is 0 Å². The van der Waals surface area contributed by atoms with E-state index in [9.17, 15) is 0 Å². The van der Waals surface area contributed by atoms with Gasteiger partial charge in [-0.05, 0) is 62.5 Å². The smallest absolute Gasteiger partial charge is 0.159 e. The number of benzene rings is 3. The van der Waals surface area contributed by atoms with Gasteiger partial charge in [-0.3, -0.25) is 0 Å². The van der Waals surface area contributed by atoms with Crippen LogP contribution in [0.1, 0.15) is 37.5 Å². The Balaban J connectivity index is 1.54. The maximum absolute atomic E-state index is 6.56. The summed E-state index contributed by atoms with van der Waals surface area (Å²) in [5.41, 5.74) is 6.98. The number of rotatable bonds is 5. The molecule has 0 amide bonds. The molecule has 36 heavy (non-hydrogen) atoms. The van der Waals surface area contributed by atoms with Crippen molar-refractivity contribution in [3.05, 3.63) is 108 Å². The molecule has 0 aliphatic heterocycles. The summed E-state index contributed by atoms with van der Waals surface area (Å²) in [5.74, 6) is 1.51. The number of furan rings is 2. The second-order valence-electron chi connectivity index (χ2n) is 9.59. The third-order valence-corrected chi connectivity index (χ3v) is 7.08. The lowest BCUT2D eigenvalue weighted by Gasteiger charge is -2.26. The van der Waals surface area contributed by atoms with Gasteiger partial charge in [0.1, 0.15) is 11.3 Å². The Kier molecular flexibility index (Phi) is 4.95. The van der Waals surface area contributed by atoms with E-state index in [1.165, 1.54) is 12.8 Å². The van der Waals surface area contributed by atoms with Crippen molar-refractivity contribution in [1.82, 2.24) is 0 Å². The highest BCUT2D eigenvalue weighted by molar-refractivity contribution is 6.11. The third-order valence-electron chi connectivity index (χ3n) is 7.08. The van der Waals surface area contributed by atoms with Gasteiger partial charge in [0.05, 0.1) is 11.4 Å². The normalized spacial score (nSPS) is 15.9. The average molecular weight is 470 g/mol. The molecule has 2 aliphatic rings. The summed E-state index contributed by atoms with van der Waals surface area (Å²) in [6.45, 7) is 2.08. The van der Waals surface area contributed by atoms with Gasteiger partial charge >= 0.3 is 0 Å². The molecule has 5 aromatic rings. The van der Waals surface area contributed by atoms with Crippen LogP contribution >= 0.6 is 0 Å². The maximum atomic E-state index is 6.56. The minimum absolute atomic E-state index is 0.604. The summed E-state index contributed by atoms with van der Waals surface area (Å²) in [5, 5.41) is 3.37. The van der Waals surface area contributed by atoms with Gasteiger partial charge in [-0.25, -0.2) is 0 Å². The van der Waals surface area contributed by atoms with E-state index in [-0.39, 0.29) is 0 Å². The number of hydrogen-bond donors (Lipinski definition) is 0. The van der Waals surface area contributed by atoms with Crippen LogP contribution in [0.5, 0.6) is 0 Å². The van der Waals surface area contributed by atoms with Gasteiger partial charge in [0.25, 0.3) is 0 Å². The minimum atomic E-state index is 0.604. The minimum Gasteiger partial charge on any atom is -0.454 e. The molecule has 2 heterocycles. The SMILES string of the molecule is C/C=C\C(=C/C1CC1)N(c1cccc2c3c(oc12)C=CCC=C3)c1cccc2c1oc1ccccc12. The predicted molar refractivity (Wildman–Crippen MR) is 150 cm³/mol. The van der Waals surface area contributed by atoms with E-state index in [0.29, 0.717) is 5.92 Å². The first-order valence-electron chi connectivity index (χ1n) is 12.8. The summed E-state index contributed by atoms with van der Waals surface area (Å²) >= 11 is 0. The molecule has 3 nitrogen and oxygen atoms in total. The molecule has 0 atom stereocenters. The second-order valence-corrected chi connectivity index (χ2v) is 9.59. The second kappa shape index (κ2) is 8.46. The quantitative estimate of drug-likeness (QED) is 0.240. The van der Waals surface area contributed by atoms with Crippen molar-refractivity contribution in [2.45, 2.75) is 26.2 Å². The van der Waals surface area contributed by atoms with Crippen molar-refractivity contribution < 1.29 is 8.83 Å². The Morgan fingerprint density at radius 3 is 2.33 bits per heavy atom. The van der Waals surface area contributed by atoms with Gasteiger partial charge in [0, 0.05) is 27.4 Å². The lowest BCUT2D eigenvalue weighted by molar-refractivity contribution is 0.603. The van der Waals surface area contributed by atoms with Crippen molar-refractivity contribution in [1.29, 1.82) is 0 Å². The zero-order valence-corrected chi connectivity index (χ0v) is 20.3. The van der Waals surface area contributed by atoms with Crippen LogP contribution in [0.2, 0.25) is 0 Å². The fourth-order valence-electron chi connectivity index (χ4n) is 5.25. The molecule has 3 aromatic carbocycles. The number of allylic oxidation sites excluding steroid dienone is 5. The fourth-order valence-corrected chi connectivity index (χ4v) is 5.25. The van der Waals surface area contributed by atoms with E-state index in [0.717, 1.165) is 67.7 Å². The van der Waals surface area contributed by atoms with Gasteiger partial charge in [-0.15, -0.1) is 0 Å². The average Bonchev–Trinajstić information content (AvgIpc) is 3.60. The highest BCUT2D eigenvalue weighted by Gasteiger charge is 2.26. The van der Waals surface area contributed by atoms with Crippen LogP contribution in [0.3, 0.4) is 0 Å². The number of anilines is 2. The predicted octanol–water partition coefficient (Wildman–Crippen LogP) is 9.77. The number of nitrogens with zero attached hydrogens (tertiary/aromatic N) is 1. The lowest BCUT2D eigenvalue weighted by Crippen LogP contribution is -2.16. The standard InChI is InChI=1S/C33H27NO2/c1-2-10-23(21-22-19-20-22)34(29-16-9-14-27-25-12-6-7-18-31(25)36-33(27)29)28-15-8-13-26-24-11-4-3-5-17-30(24)35-32(26)28/h2,4-18,21-22H,3,19-20H2,1H3/b10-2-,23-21+. The van der Waals surface area contributed by atoms with Crippen LogP contribution in [-0.4, -0.2) is 0 Å². The van der Waals surface area contributed by atoms with E-state index in [2.05, 4.69) is 103 Å². The lowest BCUT2D eigenvalue weighted by atomic mass is 10.1. The van der Waals surface area contributed by atoms with Gasteiger partial charge in [0.2, 0.25) is 0 Å². The topological polar surface area (TPSA) is 29.5 Å². The van der Waals surface area contributed by atoms with Crippen molar-refractivity contribution >= 4 is 56.4 Å². The molecule has 2 aromatic heterocycles. The van der Waals surface area contributed by atoms with Crippen molar-refractivity contribution in [2.24, 2.45) is 5.92 Å². The van der Waals surface area contributed by atoms with Gasteiger partial charge in [0.15, 0.2) is 11.2 Å². The third kappa shape index (κ3) is 3.43. The highest BCUT2D eigenvalue weighted by Crippen LogP contribution is 2.45. The Labute approximate surface area is 210 Å². The Bertz CT molecular complexity index is 1740. The first kappa shape index (κ1) is 21.1. The van der Waals surface area contributed by atoms with Crippen molar-refractivity contribution in [3.63, 3.8) is 0 Å². The molecule has 0 saturated heterocycles. The maximum Gasteiger partial charge on any atom is 0.159 e. The summed E-state index contributed by atoms with van der Waals surface area (Å²) in [7, 11) is 0. The summed E-state index contributed by atoms with van der Waals surface area (Å²) in [4.78, 5) is 2.32. The molecule has 0 radical (unpaired) electrons. The van der Waals surface area contributed by atoms with Crippen LogP contribution in [0.15, 0.2) is 106 Å². The van der Waals surface area contributed by atoms with Crippen LogP contribution in [0.25, 0.3) is 45.1 Å². The molecular formula is C33H27NO2. The van der Waals surface area contributed by atoms with E-state index in [1.807, 2.05) is 12.1 Å². The molecule has 1 saturated carbocycles. The van der Waals surface area contributed by atoms with E-state index < -0.39 is 0 Å². The Hall–Kier alpha value is -4.24. The van der Waals surface area contributed by atoms with Crippen LogP contribution < -0.4 is 4.90 Å². The van der Waals surface area contributed by atoms with E-state index in [4.69, 9.17) is 8.83 Å². The molecule has 2 aliphatic carbocycles. The summed E-state index contributed by atoms with van der Waals surface area (Å²) in [6, 6.07) is 21.1. The molecule has 176 valence electrons. The zero-order chi connectivity index (χ0) is 24.1. The summed E-state index contributed by atoms with van der Waals surface area (Å²) < 4.78 is 13.1. The first-order valence-corrected chi connectivity index (χ1v) is 12.8. The van der Waals surface area contributed by atoms with Gasteiger partial charge < -0.3 is 13.7 Å². The molecule has 0 N–H and O–H groups in total. The molecule has 1 fully saturated rings. The number of para-hydroxylation sites is 3. The van der Waals surface area contributed by atoms with Crippen molar-refractivity contribution in [3.8, 4) is 0 Å². The van der Waals surface area contributed by atoms with Gasteiger partial charge in [-0.1, -0.05) is 72.8 Å². The van der Waals surface area contributed by atoms with E-state index >= 15 is 0 Å². The molecule has 0 spiro atoms. The molecule has 3 heteroatoms. The Morgan fingerprint density at radius 1 is 0.806 bits per heavy atom.